The van der Waals surface area contributed by atoms with Crippen LogP contribution in [-0.4, -0.2) is 36.6 Å². The highest BCUT2D eigenvalue weighted by molar-refractivity contribution is 4.90. The molecular formula is C14H24N2. The Hall–Kier alpha value is -0.520. The molecule has 0 amide bonds. The van der Waals surface area contributed by atoms with E-state index in [1.54, 1.807) is 0 Å². The number of nitrogens with one attached hydrogen (secondary N) is 1. The maximum absolute atomic E-state index is 5.27. The lowest BCUT2D eigenvalue weighted by molar-refractivity contribution is 0.117. The van der Waals surface area contributed by atoms with E-state index >= 15 is 0 Å². The van der Waals surface area contributed by atoms with Gasteiger partial charge >= 0.3 is 0 Å². The maximum atomic E-state index is 5.27. The molecule has 2 fully saturated rings. The minimum absolute atomic E-state index is 0.663. The highest BCUT2D eigenvalue weighted by atomic mass is 15.2. The van der Waals surface area contributed by atoms with Gasteiger partial charge in [-0.1, -0.05) is 25.2 Å². The van der Waals surface area contributed by atoms with Crippen LogP contribution in [0, 0.1) is 12.3 Å². The quantitative estimate of drug-likeness (QED) is 0.732. The van der Waals surface area contributed by atoms with Crippen molar-refractivity contribution in [2.24, 2.45) is 0 Å². The summed E-state index contributed by atoms with van der Waals surface area (Å²) in [6.07, 6.45) is 15.0. The molecule has 0 atom stereocenters. The molecule has 1 saturated carbocycles. The molecule has 0 radical (unpaired) electrons. The van der Waals surface area contributed by atoms with Crippen molar-refractivity contribution in [2.75, 3.05) is 19.6 Å². The van der Waals surface area contributed by atoms with Crippen LogP contribution in [0.1, 0.15) is 44.9 Å². The Morgan fingerprint density at radius 2 is 1.75 bits per heavy atom. The summed E-state index contributed by atoms with van der Waals surface area (Å²) in [4.78, 5) is 2.72. The van der Waals surface area contributed by atoms with Gasteiger partial charge in [0, 0.05) is 12.1 Å². The van der Waals surface area contributed by atoms with E-state index in [-0.39, 0.29) is 0 Å². The van der Waals surface area contributed by atoms with Gasteiger partial charge in [-0.15, -0.1) is 6.42 Å². The predicted octanol–water partition coefficient (Wildman–Crippen LogP) is 2.01. The summed E-state index contributed by atoms with van der Waals surface area (Å²) in [5.74, 6) is 2.66. The Kier molecular flexibility index (Phi) is 4.69. The average Bonchev–Trinajstić information content (AvgIpc) is 2.38. The maximum Gasteiger partial charge on any atom is 0.0575 e. The van der Waals surface area contributed by atoms with Gasteiger partial charge in [-0.05, 0) is 38.8 Å². The summed E-state index contributed by atoms with van der Waals surface area (Å²) in [5.41, 5.74) is 0. The van der Waals surface area contributed by atoms with Crippen LogP contribution in [0.4, 0.5) is 0 Å². The molecular weight excluding hydrogens is 196 g/mol. The third-order valence-corrected chi connectivity index (χ3v) is 4.11. The van der Waals surface area contributed by atoms with Gasteiger partial charge in [0.2, 0.25) is 0 Å². The Morgan fingerprint density at radius 3 is 2.38 bits per heavy atom. The molecule has 0 spiro atoms. The molecule has 0 aromatic rings. The fourth-order valence-corrected chi connectivity index (χ4v) is 3.12. The molecule has 2 heteroatoms. The lowest BCUT2D eigenvalue weighted by atomic mass is 9.92. The van der Waals surface area contributed by atoms with Gasteiger partial charge in [0.05, 0.1) is 6.54 Å². The van der Waals surface area contributed by atoms with Crippen LogP contribution in [0.25, 0.3) is 0 Å². The normalized spacial score (nSPS) is 25.4. The predicted molar refractivity (Wildman–Crippen MR) is 68.3 cm³/mol. The second-order valence-electron chi connectivity index (χ2n) is 5.19. The van der Waals surface area contributed by atoms with Crippen LogP contribution < -0.4 is 5.32 Å². The number of hydrogen-bond donors (Lipinski definition) is 1. The van der Waals surface area contributed by atoms with E-state index in [1.807, 2.05) is 0 Å². The van der Waals surface area contributed by atoms with Crippen molar-refractivity contribution in [2.45, 2.75) is 57.0 Å². The van der Waals surface area contributed by atoms with Crippen LogP contribution in [-0.2, 0) is 0 Å². The number of likely N-dealkylation sites (tertiary alicyclic amines) is 1. The van der Waals surface area contributed by atoms with E-state index < -0.39 is 0 Å². The molecule has 0 bridgehead atoms. The van der Waals surface area contributed by atoms with Crippen molar-refractivity contribution >= 4 is 0 Å². The molecule has 2 rings (SSSR count). The summed E-state index contributed by atoms with van der Waals surface area (Å²) in [7, 11) is 0. The van der Waals surface area contributed by atoms with Gasteiger partial charge in [-0.3, -0.25) is 0 Å². The molecule has 16 heavy (non-hydrogen) atoms. The Balaban J connectivity index is 1.70. The number of hydrogen-bond acceptors (Lipinski definition) is 2. The van der Waals surface area contributed by atoms with Crippen molar-refractivity contribution in [1.82, 2.24) is 10.2 Å². The van der Waals surface area contributed by atoms with E-state index in [0.717, 1.165) is 12.6 Å². The molecule has 1 aliphatic carbocycles. The first kappa shape index (κ1) is 12.0. The molecule has 0 aromatic heterocycles. The van der Waals surface area contributed by atoms with Gasteiger partial charge in [0.1, 0.15) is 0 Å². The minimum atomic E-state index is 0.663. The van der Waals surface area contributed by atoms with Crippen molar-refractivity contribution < 1.29 is 0 Å². The molecule has 0 aromatic carbocycles. The summed E-state index contributed by atoms with van der Waals surface area (Å²) < 4.78 is 0. The Labute approximate surface area is 99.8 Å². The number of nitrogens with zero attached hydrogens (tertiary/aromatic N) is 1. The molecule has 2 aliphatic rings. The van der Waals surface area contributed by atoms with Gasteiger partial charge in [-0.2, -0.15) is 0 Å². The van der Waals surface area contributed by atoms with Crippen molar-refractivity contribution in [3.05, 3.63) is 0 Å². The van der Waals surface area contributed by atoms with E-state index in [4.69, 9.17) is 6.42 Å². The highest BCUT2D eigenvalue weighted by Gasteiger charge is 2.25. The molecule has 1 aliphatic heterocycles. The average molecular weight is 220 g/mol. The summed E-state index contributed by atoms with van der Waals surface area (Å²) in [6.45, 7) is 3.27. The summed E-state index contributed by atoms with van der Waals surface area (Å²) in [5, 5.41) is 3.43. The topological polar surface area (TPSA) is 15.3 Å². The first-order chi connectivity index (χ1) is 7.90. The van der Waals surface area contributed by atoms with Gasteiger partial charge in [0.25, 0.3) is 0 Å². The van der Waals surface area contributed by atoms with Crippen molar-refractivity contribution in [3.63, 3.8) is 0 Å². The lowest BCUT2D eigenvalue weighted by Crippen LogP contribution is -2.47. The fourth-order valence-electron chi connectivity index (χ4n) is 3.12. The largest absolute Gasteiger partial charge is 0.303 e. The summed E-state index contributed by atoms with van der Waals surface area (Å²) in [6, 6.07) is 1.55. The molecule has 1 heterocycles. The lowest BCUT2D eigenvalue weighted by Gasteiger charge is -2.39. The van der Waals surface area contributed by atoms with E-state index in [1.165, 1.54) is 58.0 Å². The molecule has 2 nitrogen and oxygen atoms in total. The van der Waals surface area contributed by atoms with E-state index in [2.05, 4.69) is 16.1 Å². The zero-order valence-corrected chi connectivity index (χ0v) is 10.3. The number of terminal acetylenes is 1. The standard InChI is InChI=1S/C14H24N2/c1-2-10-15-13-8-11-16(12-9-13)14-6-4-3-5-7-14/h1,13-15H,3-12H2. The van der Waals surface area contributed by atoms with Crippen molar-refractivity contribution in [1.29, 1.82) is 0 Å². The van der Waals surface area contributed by atoms with Crippen LogP contribution in [0.15, 0.2) is 0 Å². The number of rotatable bonds is 3. The SMILES string of the molecule is C#CCNC1CCN(C2CCCCC2)CC1. The van der Waals surface area contributed by atoms with Crippen molar-refractivity contribution in [3.8, 4) is 12.3 Å². The molecule has 0 unspecified atom stereocenters. The molecule has 1 N–H and O–H groups in total. The van der Waals surface area contributed by atoms with Crippen LogP contribution >= 0.6 is 0 Å². The van der Waals surface area contributed by atoms with E-state index in [9.17, 15) is 0 Å². The van der Waals surface area contributed by atoms with Gasteiger partial charge in [0.15, 0.2) is 0 Å². The second-order valence-corrected chi connectivity index (χ2v) is 5.19. The highest BCUT2D eigenvalue weighted by Crippen LogP contribution is 2.25. The number of piperidine rings is 1. The first-order valence-corrected chi connectivity index (χ1v) is 6.81. The smallest absolute Gasteiger partial charge is 0.0575 e. The molecule has 1 saturated heterocycles. The van der Waals surface area contributed by atoms with Crippen LogP contribution in [0.5, 0.6) is 0 Å². The Morgan fingerprint density at radius 1 is 1.06 bits per heavy atom. The fraction of sp³-hybridized carbons (Fsp3) is 0.857. The minimum Gasteiger partial charge on any atom is -0.303 e. The summed E-state index contributed by atoms with van der Waals surface area (Å²) >= 11 is 0. The van der Waals surface area contributed by atoms with Crippen LogP contribution in [0.2, 0.25) is 0 Å². The van der Waals surface area contributed by atoms with E-state index in [0.29, 0.717) is 6.04 Å². The zero-order chi connectivity index (χ0) is 11.2. The first-order valence-electron chi connectivity index (χ1n) is 6.81. The van der Waals surface area contributed by atoms with Gasteiger partial charge in [-0.25, -0.2) is 0 Å². The third-order valence-electron chi connectivity index (χ3n) is 4.11. The monoisotopic (exact) mass is 220 g/mol. The Bertz CT molecular complexity index is 230. The third kappa shape index (κ3) is 3.23. The van der Waals surface area contributed by atoms with Gasteiger partial charge < -0.3 is 10.2 Å². The second kappa shape index (κ2) is 6.27. The molecule has 90 valence electrons. The van der Waals surface area contributed by atoms with Crippen LogP contribution in [0.3, 0.4) is 0 Å². The zero-order valence-electron chi connectivity index (χ0n) is 10.3.